The Morgan fingerprint density at radius 1 is 1.11 bits per heavy atom. The van der Waals surface area contributed by atoms with Gasteiger partial charge in [-0.3, -0.25) is 9.59 Å². The fourth-order valence-electron chi connectivity index (χ4n) is 2.77. The average molecular weight is 387 g/mol. The Morgan fingerprint density at radius 3 is 2.41 bits per heavy atom. The van der Waals surface area contributed by atoms with Gasteiger partial charge >= 0.3 is 0 Å². The van der Waals surface area contributed by atoms with Gasteiger partial charge in [0.25, 0.3) is 0 Å². The lowest BCUT2D eigenvalue weighted by atomic mass is 10.1. The zero-order valence-corrected chi connectivity index (χ0v) is 16.9. The van der Waals surface area contributed by atoms with E-state index in [1.807, 2.05) is 56.3 Å². The van der Waals surface area contributed by atoms with E-state index in [4.69, 9.17) is 11.6 Å². The first kappa shape index (κ1) is 21.0. The van der Waals surface area contributed by atoms with Gasteiger partial charge in [-0.2, -0.15) is 0 Å². The molecule has 27 heavy (non-hydrogen) atoms. The topological polar surface area (TPSA) is 49.4 Å². The highest BCUT2D eigenvalue weighted by molar-refractivity contribution is 6.31. The van der Waals surface area contributed by atoms with Gasteiger partial charge in [0, 0.05) is 18.1 Å². The molecule has 1 unspecified atom stereocenters. The summed E-state index contributed by atoms with van der Waals surface area (Å²) < 4.78 is 0. The summed E-state index contributed by atoms with van der Waals surface area (Å²) in [7, 11) is 0. The lowest BCUT2D eigenvalue weighted by Crippen LogP contribution is -2.48. The summed E-state index contributed by atoms with van der Waals surface area (Å²) >= 11 is 6.28. The van der Waals surface area contributed by atoms with Crippen molar-refractivity contribution >= 4 is 23.4 Å². The summed E-state index contributed by atoms with van der Waals surface area (Å²) in [6.45, 7) is 6.65. The van der Waals surface area contributed by atoms with Crippen molar-refractivity contribution in [2.75, 3.05) is 6.54 Å². The van der Waals surface area contributed by atoms with Crippen LogP contribution in [0.15, 0.2) is 48.5 Å². The van der Waals surface area contributed by atoms with Gasteiger partial charge in [0.2, 0.25) is 11.8 Å². The van der Waals surface area contributed by atoms with Crippen LogP contribution in [-0.2, 0) is 22.6 Å². The molecule has 0 bridgehead atoms. The van der Waals surface area contributed by atoms with Gasteiger partial charge in [-0.25, -0.2) is 0 Å². The van der Waals surface area contributed by atoms with E-state index in [9.17, 15) is 9.59 Å². The van der Waals surface area contributed by atoms with Crippen LogP contribution in [0.3, 0.4) is 0 Å². The monoisotopic (exact) mass is 386 g/mol. The molecule has 0 aliphatic rings. The predicted octanol–water partition coefficient (Wildman–Crippen LogP) is 4.13. The number of carbonyl (C=O) groups is 2. The van der Waals surface area contributed by atoms with Crippen molar-refractivity contribution in [2.45, 2.75) is 46.2 Å². The molecule has 0 saturated heterocycles. The van der Waals surface area contributed by atoms with Gasteiger partial charge in [-0.05, 0) is 37.5 Å². The zero-order valence-electron chi connectivity index (χ0n) is 16.2. The fraction of sp³-hybridized carbons (Fsp3) is 0.364. The minimum absolute atomic E-state index is 0.0991. The number of hydrogen-bond donors (Lipinski definition) is 1. The Bertz CT molecular complexity index is 774. The molecule has 5 heteroatoms. The number of aryl methyl sites for hydroxylation is 1. The van der Waals surface area contributed by atoms with Crippen molar-refractivity contribution in [1.29, 1.82) is 0 Å². The van der Waals surface area contributed by atoms with E-state index in [1.165, 1.54) is 0 Å². The molecule has 2 rings (SSSR count). The highest BCUT2D eigenvalue weighted by atomic mass is 35.5. The zero-order chi connectivity index (χ0) is 19.8. The van der Waals surface area contributed by atoms with Gasteiger partial charge in [0.1, 0.15) is 6.04 Å². The van der Waals surface area contributed by atoms with Crippen LogP contribution in [0.2, 0.25) is 5.02 Å². The first-order valence-corrected chi connectivity index (χ1v) is 9.66. The minimum Gasteiger partial charge on any atom is -0.354 e. The van der Waals surface area contributed by atoms with E-state index >= 15 is 0 Å². The molecule has 2 aromatic carbocycles. The van der Waals surface area contributed by atoms with E-state index < -0.39 is 6.04 Å². The minimum atomic E-state index is -0.578. The van der Waals surface area contributed by atoms with E-state index in [-0.39, 0.29) is 18.2 Å². The van der Waals surface area contributed by atoms with Crippen molar-refractivity contribution in [3.63, 3.8) is 0 Å². The second-order valence-electron chi connectivity index (χ2n) is 6.74. The quantitative estimate of drug-likeness (QED) is 0.741. The van der Waals surface area contributed by atoms with E-state index in [2.05, 4.69) is 5.32 Å². The lowest BCUT2D eigenvalue weighted by molar-refractivity contribution is -0.140. The molecule has 0 radical (unpaired) electrons. The Labute approximate surface area is 166 Å². The van der Waals surface area contributed by atoms with Gasteiger partial charge in [-0.15, -0.1) is 0 Å². The van der Waals surface area contributed by atoms with Crippen molar-refractivity contribution in [1.82, 2.24) is 10.2 Å². The molecule has 1 N–H and O–H groups in total. The van der Waals surface area contributed by atoms with Crippen LogP contribution in [0.5, 0.6) is 0 Å². The normalized spacial score (nSPS) is 11.7. The number of benzene rings is 2. The Balaban J connectivity index is 2.21. The molecule has 0 spiro atoms. The standard InChI is InChI=1S/C22H27ClN2O2/c1-4-13-24-22(27)17(3)25(15-19-7-5-6-8-20(19)23)21(26)14-18-11-9-16(2)10-12-18/h5-12,17H,4,13-15H2,1-3H3,(H,24,27). The number of rotatable bonds is 8. The number of nitrogens with zero attached hydrogens (tertiary/aromatic N) is 1. The second kappa shape index (κ2) is 10.1. The molecular formula is C22H27ClN2O2. The van der Waals surface area contributed by atoms with Crippen LogP contribution < -0.4 is 5.32 Å². The molecule has 0 fully saturated rings. The third-order valence-electron chi connectivity index (χ3n) is 4.49. The van der Waals surface area contributed by atoms with Crippen molar-refractivity contribution in [3.05, 3.63) is 70.2 Å². The molecule has 0 heterocycles. The summed E-state index contributed by atoms with van der Waals surface area (Å²) in [5, 5.41) is 3.46. The molecule has 0 aliphatic heterocycles. The maximum atomic E-state index is 13.0. The van der Waals surface area contributed by atoms with Crippen molar-refractivity contribution in [2.24, 2.45) is 0 Å². The predicted molar refractivity (Wildman–Crippen MR) is 110 cm³/mol. The Hall–Kier alpha value is -2.33. The Morgan fingerprint density at radius 2 is 1.78 bits per heavy atom. The van der Waals surface area contributed by atoms with E-state index in [1.54, 1.807) is 17.9 Å². The average Bonchev–Trinajstić information content (AvgIpc) is 2.66. The molecule has 2 amide bonds. The molecule has 1 atom stereocenters. The number of amides is 2. The van der Waals surface area contributed by atoms with Crippen LogP contribution in [0, 0.1) is 6.92 Å². The number of hydrogen-bond acceptors (Lipinski definition) is 2. The summed E-state index contributed by atoms with van der Waals surface area (Å²) in [5.74, 6) is -0.251. The van der Waals surface area contributed by atoms with Crippen LogP contribution in [-0.4, -0.2) is 29.3 Å². The summed E-state index contributed by atoms with van der Waals surface area (Å²) in [6.07, 6.45) is 1.09. The molecule has 0 aromatic heterocycles. The van der Waals surface area contributed by atoms with Crippen molar-refractivity contribution in [3.8, 4) is 0 Å². The van der Waals surface area contributed by atoms with Gasteiger partial charge in [0.15, 0.2) is 0 Å². The first-order chi connectivity index (χ1) is 12.9. The molecular weight excluding hydrogens is 360 g/mol. The van der Waals surface area contributed by atoms with Crippen LogP contribution in [0.25, 0.3) is 0 Å². The molecule has 2 aromatic rings. The van der Waals surface area contributed by atoms with E-state index in [0.717, 1.165) is 23.1 Å². The first-order valence-electron chi connectivity index (χ1n) is 9.28. The second-order valence-corrected chi connectivity index (χ2v) is 7.15. The summed E-state index contributed by atoms with van der Waals surface area (Å²) in [4.78, 5) is 27.1. The third-order valence-corrected chi connectivity index (χ3v) is 4.86. The Kier molecular flexibility index (Phi) is 7.86. The van der Waals surface area contributed by atoms with Gasteiger partial charge in [0.05, 0.1) is 6.42 Å². The number of halogens is 1. The van der Waals surface area contributed by atoms with Crippen LogP contribution in [0.1, 0.15) is 37.0 Å². The number of carbonyl (C=O) groups excluding carboxylic acids is 2. The van der Waals surface area contributed by atoms with Crippen LogP contribution >= 0.6 is 11.6 Å². The van der Waals surface area contributed by atoms with Crippen LogP contribution in [0.4, 0.5) is 0 Å². The molecule has 0 aliphatic carbocycles. The van der Waals surface area contributed by atoms with Gasteiger partial charge < -0.3 is 10.2 Å². The SMILES string of the molecule is CCCNC(=O)C(C)N(Cc1ccccc1Cl)C(=O)Cc1ccc(C)cc1. The van der Waals surface area contributed by atoms with Crippen molar-refractivity contribution < 1.29 is 9.59 Å². The molecule has 144 valence electrons. The highest BCUT2D eigenvalue weighted by Crippen LogP contribution is 2.19. The summed E-state index contributed by atoms with van der Waals surface area (Å²) in [5.41, 5.74) is 2.90. The highest BCUT2D eigenvalue weighted by Gasteiger charge is 2.26. The number of nitrogens with one attached hydrogen (secondary N) is 1. The third kappa shape index (κ3) is 6.10. The largest absolute Gasteiger partial charge is 0.354 e. The van der Waals surface area contributed by atoms with Gasteiger partial charge in [-0.1, -0.05) is 66.6 Å². The maximum absolute atomic E-state index is 13.0. The lowest BCUT2D eigenvalue weighted by Gasteiger charge is -2.29. The molecule has 4 nitrogen and oxygen atoms in total. The fourth-order valence-corrected chi connectivity index (χ4v) is 2.97. The maximum Gasteiger partial charge on any atom is 0.242 e. The summed E-state index contributed by atoms with van der Waals surface area (Å²) in [6, 6.07) is 14.7. The smallest absolute Gasteiger partial charge is 0.242 e. The van der Waals surface area contributed by atoms with E-state index in [0.29, 0.717) is 18.1 Å². The molecule has 0 saturated carbocycles.